The fourth-order valence-corrected chi connectivity index (χ4v) is 4.10. The van der Waals surface area contributed by atoms with Crippen molar-refractivity contribution in [3.63, 3.8) is 0 Å². The molecule has 0 aliphatic rings. The Morgan fingerprint density at radius 2 is 1.72 bits per heavy atom. The molecule has 0 saturated carbocycles. The Balaban J connectivity index is 0.000000420. The van der Waals surface area contributed by atoms with Gasteiger partial charge >= 0.3 is 12.3 Å². The van der Waals surface area contributed by atoms with Crippen molar-refractivity contribution < 1.29 is 53.0 Å². The number of hydrogen-bond acceptors (Lipinski definition) is 9. The van der Waals surface area contributed by atoms with Gasteiger partial charge in [0, 0.05) is 18.2 Å². The molecule has 236 valence electrons. The highest BCUT2D eigenvalue weighted by Gasteiger charge is 2.32. The molecule has 0 radical (unpaired) electrons. The second-order valence-corrected chi connectivity index (χ2v) is 9.58. The summed E-state index contributed by atoms with van der Waals surface area (Å²) in [5.74, 6) is -1.21. The second kappa shape index (κ2) is 16.8. The number of carboxylic acids is 1. The van der Waals surface area contributed by atoms with E-state index in [1.807, 2.05) is 6.92 Å². The first kappa shape index (κ1) is 35.4. The minimum absolute atomic E-state index is 0.0797. The number of rotatable bonds is 13. The fourth-order valence-electron chi connectivity index (χ4n) is 4.10. The van der Waals surface area contributed by atoms with E-state index in [1.54, 1.807) is 44.3 Å². The first-order valence-electron chi connectivity index (χ1n) is 13.4. The van der Waals surface area contributed by atoms with Gasteiger partial charge in [-0.05, 0) is 67.9 Å². The molecule has 0 aliphatic carbocycles. The van der Waals surface area contributed by atoms with Gasteiger partial charge in [0.2, 0.25) is 0 Å². The number of halogens is 3. The number of carboxylic acid groups (broad SMARTS) is 1. The SMILES string of the molecule is CCOc1cccc(-c2ccc(Cc3ncccc3C(=O)O)c(OC(F)(F)F)c2)c1.CNC[C@H](C)[C@@H](O)[C@H](O)[C@H](O)CO. The summed E-state index contributed by atoms with van der Waals surface area (Å²) in [6.45, 7) is 4.02. The van der Waals surface area contributed by atoms with Crippen LogP contribution in [0.15, 0.2) is 60.8 Å². The maximum atomic E-state index is 13.0. The highest BCUT2D eigenvalue weighted by molar-refractivity contribution is 5.88. The van der Waals surface area contributed by atoms with Gasteiger partial charge in [0.15, 0.2) is 0 Å². The van der Waals surface area contributed by atoms with Crippen LogP contribution in [-0.2, 0) is 6.42 Å². The van der Waals surface area contributed by atoms with Gasteiger partial charge in [-0.3, -0.25) is 4.98 Å². The van der Waals surface area contributed by atoms with Gasteiger partial charge in [-0.2, -0.15) is 0 Å². The average molecular weight is 611 g/mol. The molecular formula is C30H37F3N2O8. The lowest BCUT2D eigenvalue weighted by Crippen LogP contribution is -2.44. The van der Waals surface area contributed by atoms with Crippen molar-refractivity contribution in [3.05, 3.63) is 77.6 Å². The predicted molar refractivity (Wildman–Crippen MR) is 152 cm³/mol. The van der Waals surface area contributed by atoms with Crippen molar-refractivity contribution >= 4 is 5.97 Å². The van der Waals surface area contributed by atoms with E-state index >= 15 is 0 Å². The number of aromatic carboxylic acids is 1. The molecule has 43 heavy (non-hydrogen) atoms. The summed E-state index contributed by atoms with van der Waals surface area (Å²) in [7, 11) is 1.73. The van der Waals surface area contributed by atoms with Gasteiger partial charge in [-0.25, -0.2) is 4.79 Å². The maximum absolute atomic E-state index is 13.0. The lowest BCUT2D eigenvalue weighted by Gasteiger charge is -2.26. The Morgan fingerprint density at radius 1 is 1.02 bits per heavy atom. The number of benzene rings is 2. The third-order valence-corrected chi connectivity index (χ3v) is 6.29. The van der Waals surface area contributed by atoms with Crippen LogP contribution >= 0.6 is 0 Å². The minimum atomic E-state index is -4.90. The van der Waals surface area contributed by atoms with Gasteiger partial charge in [-0.15, -0.1) is 13.2 Å². The van der Waals surface area contributed by atoms with E-state index < -0.39 is 43.0 Å². The number of hydrogen-bond donors (Lipinski definition) is 6. The molecule has 0 unspecified atom stereocenters. The van der Waals surface area contributed by atoms with Crippen LogP contribution in [0.1, 0.15) is 35.5 Å². The number of nitrogens with zero attached hydrogens (tertiary/aromatic N) is 1. The van der Waals surface area contributed by atoms with Crippen LogP contribution < -0.4 is 14.8 Å². The lowest BCUT2D eigenvalue weighted by atomic mass is 9.96. The van der Waals surface area contributed by atoms with Gasteiger partial charge in [0.05, 0.1) is 30.6 Å². The summed E-state index contributed by atoms with van der Waals surface area (Å²) >= 11 is 0. The zero-order valence-electron chi connectivity index (χ0n) is 24.0. The van der Waals surface area contributed by atoms with Gasteiger partial charge in [0.1, 0.15) is 23.7 Å². The second-order valence-electron chi connectivity index (χ2n) is 9.58. The molecule has 2 aromatic carbocycles. The number of ether oxygens (including phenoxy) is 2. The van der Waals surface area contributed by atoms with Crippen LogP contribution in [-0.4, -0.2) is 88.0 Å². The van der Waals surface area contributed by atoms with E-state index in [2.05, 4.69) is 15.0 Å². The fraction of sp³-hybridized carbons (Fsp3) is 0.400. The van der Waals surface area contributed by atoms with Crippen LogP contribution in [0.2, 0.25) is 0 Å². The third-order valence-electron chi connectivity index (χ3n) is 6.29. The number of alkyl halides is 3. The van der Waals surface area contributed by atoms with Crippen LogP contribution in [0.3, 0.4) is 0 Å². The Morgan fingerprint density at radius 3 is 2.33 bits per heavy atom. The molecule has 1 aromatic heterocycles. The van der Waals surface area contributed by atoms with Crippen LogP contribution in [0.25, 0.3) is 11.1 Å². The van der Waals surface area contributed by atoms with E-state index in [-0.39, 0.29) is 29.2 Å². The summed E-state index contributed by atoms with van der Waals surface area (Å²) in [4.78, 5) is 15.4. The largest absolute Gasteiger partial charge is 0.573 e. The lowest BCUT2D eigenvalue weighted by molar-refractivity contribution is -0.274. The summed E-state index contributed by atoms with van der Waals surface area (Å²) in [6, 6.07) is 14.2. The van der Waals surface area contributed by atoms with E-state index in [4.69, 9.17) is 14.9 Å². The van der Waals surface area contributed by atoms with E-state index in [0.29, 0.717) is 30.0 Å². The summed E-state index contributed by atoms with van der Waals surface area (Å²) in [5.41, 5.74) is 1.38. The molecule has 6 N–H and O–H groups in total. The number of aliphatic hydroxyl groups excluding tert-OH is 4. The van der Waals surface area contributed by atoms with Crippen molar-refractivity contribution in [1.82, 2.24) is 10.3 Å². The van der Waals surface area contributed by atoms with Crippen molar-refractivity contribution in [2.75, 3.05) is 26.8 Å². The molecule has 1 heterocycles. The van der Waals surface area contributed by atoms with Gasteiger partial charge < -0.3 is 40.3 Å². The first-order chi connectivity index (χ1) is 20.3. The molecule has 3 rings (SSSR count). The smallest absolute Gasteiger partial charge is 0.494 e. The summed E-state index contributed by atoms with van der Waals surface area (Å²) < 4.78 is 48.7. The van der Waals surface area contributed by atoms with Gasteiger partial charge in [-0.1, -0.05) is 31.2 Å². The molecule has 0 bridgehead atoms. The highest BCUT2D eigenvalue weighted by atomic mass is 19.4. The maximum Gasteiger partial charge on any atom is 0.573 e. The highest BCUT2D eigenvalue weighted by Crippen LogP contribution is 2.34. The predicted octanol–water partition coefficient (Wildman–Crippen LogP) is 3.25. The summed E-state index contributed by atoms with van der Waals surface area (Å²) in [5, 5.41) is 48.5. The number of nitrogens with one attached hydrogen (secondary N) is 1. The first-order valence-corrected chi connectivity index (χ1v) is 13.4. The molecule has 0 spiro atoms. The Kier molecular flexibility index (Phi) is 13.8. The Hall–Kier alpha value is -3.75. The quantitative estimate of drug-likeness (QED) is 0.170. The van der Waals surface area contributed by atoms with Crippen molar-refractivity contribution in [3.8, 4) is 22.6 Å². The zero-order valence-corrected chi connectivity index (χ0v) is 24.0. The molecule has 10 nitrogen and oxygen atoms in total. The molecule has 0 fully saturated rings. The molecule has 0 aliphatic heterocycles. The third kappa shape index (κ3) is 11.1. The number of pyridine rings is 1. The van der Waals surface area contributed by atoms with Crippen molar-refractivity contribution in [1.29, 1.82) is 0 Å². The van der Waals surface area contributed by atoms with Crippen LogP contribution in [0.5, 0.6) is 11.5 Å². The molecule has 4 atom stereocenters. The molecule has 3 aromatic rings. The van der Waals surface area contributed by atoms with E-state index in [1.165, 1.54) is 30.5 Å². The molecular weight excluding hydrogens is 573 g/mol. The number of aromatic nitrogens is 1. The average Bonchev–Trinajstić information content (AvgIpc) is 2.97. The number of aliphatic hydroxyl groups is 4. The normalized spacial score (nSPS) is 14.1. The Bertz CT molecular complexity index is 1310. The van der Waals surface area contributed by atoms with Crippen molar-refractivity contribution in [2.45, 2.75) is 44.9 Å². The topological polar surface area (TPSA) is 162 Å². The molecule has 13 heteroatoms. The van der Waals surface area contributed by atoms with Crippen LogP contribution in [0.4, 0.5) is 13.2 Å². The van der Waals surface area contributed by atoms with E-state index in [0.717, 1.165) is 0 Å². The number of carbonyl (C=O) groups is 1. The van der Waals surface area contributed by atoms with Gasteiger partial charge in [0.25, 0.3) is 0 Å². The van der Waals surface area contributed by atoms with Crippen LogP contribution in [0, 0.1) is 5.92 Å². The monoisotopic (exact) mass is 610 g/mol. The Labute approximate surface area is 247 Å². The zero-order chi connectivity index (χ0) is 32.2. The molecule has 0 saturated heterocycles. The van der Waals surface area contributed by atoms with E-state index in [9.17, 15) is 33.3 Å². The minimum Gasteiger partial charge on any atom is -0.494 e. The standard InChI is InChI=1S/C22H18F3NO4.C8H19NO4/c1-2-29-17-6-3-5-14(11-17)15-8-9-16(20(13-15)30-22(23,24)25)12-19-18(21(27)28)7-4-10-26-19;1-5(3-9-2)7(12)8(13)6(11)4-10/h3-11,13H,2,12H2,1H3,(H,27,28);5-13H,3-4H2,1-2H3/t;5-,6+,7+,8+/m.0/s1. The molecule has 0 amide bonds. The van der Waals surface area contributed by atoms with Crippen molar-refractivity contribution in [2.24, 2.45) is 5.92 Å². The summed E-state index contributed by atoms with van der Waals surface area (Å²) in [6.07, 6.45) is -7.26.